The van der Waals surface area contributed by atoms with Crippen LogP contribution in [0.4, 0.5) is 13.2 Å². The van der Waals surface area contributed by atoms with E-state index in [1.165, 1.54) is 12.1 Å². The van der Waals surface area contributed by atoms with Crippen molar-refractivity contribution in [1.29, 1.82) is 0 Å². The fourth-order valence-electron chi connectivity index (χ4n) is 1.28. The van der Waals surface area contributed by atoms with E-state index in [1.807, 2.05) is 0 Å². The summed E-state index contributed by atoms with van der Waals surface area (Å²) in [7, 11) is 5.24. The first-order chi connectivity index (χ1) is 6.61. The highest BCUT2D eigenvalue weighted by molar-refractivity contribution is 6.38. The van der Waals surface area contributed by atoms with Gasteiger partial charge in [0.25, 0.3) is 0 Å². The van der Waals surface area contributed by atoms with Gasteiger partial charge < -0.3 is 7.85 Å². The minimum atomic E-state index is -1.19. The molecule has 1 nitrogen and oxygen atoms in total. The first-order valence-corrected chi connectivity index (χ1v) is 3.80. The zero-order chi connectivity index (χ0) is 10.3. The fraction of sp³-hybridized carbons (Fsp3) is 0. The summed E-state index contributed by atoms with van der Waals surface area (Å²) in [5.41, 5.74) is -0.473. The lowest BCUT2D eigenvalue weighted by atomic mass is 9.91. The normalized spacial score (nSPS) is 10.9. The van der Waals surface area contributed by atoms with Gasteiger partial charge in [-0.15, -0.1) is 0 Å². The number of rotatable bonds is 0. The topological polar surface area (TPSA) is 12.9 Å². The van der Waals surface area contributed by atoms with Gasteiger partial charge >= 0.3 is 0 Å². The second kappa shape index (κ2) is 3.01. The summed E-state index contributed by atoms with van der Waals surface area (Å²) in [5, 5.41) is -0.388. The number of fused-ring (bicyclic) bond motifs is 1. The third-order valence-corrected chi connectivity index (χ3v) is 1.92. The van der Waals surface area contributed by atoms with E-state index in [9.17, 15) is 13.2 Å². The summed E-state index contributed by atoms with van der Waals surface area (Å²) in [6.45, 7) is 0. The molecule has 0 fully saturated rings. The fourth-order valence-corrected chi connectivity index (χ4v) is 1.28. The molecule has 0 aliphatic rings. The second-order valence-electron chi connectivity index (χ2n) is 2.77. The van der Waals surface area contributed by atoms with E-state index >= 15 is 0 Å². The Morgan fingerprint density at radius 1 is 1.07 bits per heavy atom. The lowest BCUT2D eigenvalue weighted by Gasteiger charge is -2.13. The van der Waals surface area contributed by atoms with Crippen molar-refractivity contribution in [3.63, 3.8) is 0 Å². The molecule has 0 atom stereocenters. The van der Waals surface area contributed by atoms with Crippen LogP contribution in [0, 0.1) is 17.7 Å². The van der Waals surface area contributed by atoms with E-state index in [0.717, 1.165) is 6.07 Å². The molecule has 1 aromatic heterocycles. The van der Waals surface area contributed by atoms with E-state index in [1.54, 1.807) is 0 Å². The monoisotopic (exact) mass is 193 g/mol. The maximum absolute atomic E-state index is 13.2. The quantitative estimate of drug-likeness (QED) is 0.455. The molecule has 69 valence electrons. The molecule has 0 saturated carbocycles. The Bertz CT molecular complexity index is 513. The third kappa shape index (κ3) is 1.16. The molecule has 0 unspecified atom stereocenters. The van der Waals surface area contributed by atoms with Crippen molar-refractivity contribution in [1.82, 2.24) is 4.98 Å². The van der Waals surface area contributed by atoms with Crippen LogP contribution in [0.25, 0.3) is 10.8 Å². The van der Waals surface area contributed by atoms with E-state index < -0.39 is 23.2 Å². The van der Waals surface area contributed by atoms with Gasteiger partial charge in [0.1, 0.15) is 5.82 Å². The van der Waals surface area contributed by atoms with Crippen molar-refractivity contribution in [3.8, 4) is 0 Å². The van der Waals surface area contributed by atoms with Crippen LogP contribution in [0.5, 0.6) is 0 Å². The maximum atomic E-state index is 13.2. The predicted octanol–water partition coefficient (Wildman–Crippen LogP) is 1.45. The van der Waals surface area contributed by atoms with E-state index in [-0.39, 0.29) is 10.8 Å². The van der Waals surface area contributed by atoms with Gasteiger partial charge in [0, 0.05) is 5.39 Å². The maximum Gasteiger partial charge on any atom is 0.223 e. The van der Waals surface area contributed by atoms with Crippen LogP contribution >= 0.6 is 0 Å². The molecule has 2 aromatic rings. The highest BCUT2D eigenvalue weighted by Gasteiger charge is 2.07. The first-order valence-electron chi connectivity index (χ1n) is 3.80. The molecule has 3 radical (unpaired) electrons. The standard InChI is InChI=1S/C9H3BF3N/c10-7-6-4(2-1-3-5(6)11)8(12)14-9(7)13/h1-3H/q-1. The molecule has 2 rings (SSSR count). The van der Waals surface area contributed by atoms with Gasteiger partial charge in [-0.1, -0.05) is 6.07 Å². The van der Waals surface area contributed by atoms with Crippen LogP contribution in [-0.4, -0.2) is 12.8 Å². The van der Waals surface area contributed by atoms with Gasteiger partial charge in [0.2, 0.25) is 5.95 Å². The summed E-state index contributed by atoms with van der Waals surface area (Å²) >= 11 is 0. The van der Waals surface area contributed by atoms with Crippen LogP contribution in [0.1, 0.15) is 0 Å². The zero-order valence-corrected chi connectivity index (χ0v) is 6.89. The van der Waals surface area contributed by atoms with Crippen molar-refractivity contribution in [3.05, 3.63) is 35.9 Å². The smallest absolute Gasteiger partial charge is 0.223 e. The number of halogens is 3. The van der Waals surface area contributed by atoms with E-state index in [2.05, 4.69) is 4.98 Å². The molecule has 0 bridgehead atoms. The largest absolute Gasteiger partial charge is 0.573 e. The number of pyridine rings is 1. The number of nitrogens with zero attached hydrogens (tertiary/aromatic N) is 1. The summed E-state index contributed by atoms with van der Waals surface area (Å²) in [6.07, 6.45) is 0. The summed E-state index contributed by atoms with van der Waals surface area (Å²) in [5.74, 6) is -3.02. The molecule has 1 heterocycles. The average Bonchev–Trinajstić information content (AvgIpc) is 2.14. The summed E-state index contributed by atoms with van der Waals surface area (Å²) in [6, 6.07) is 3.67. The Labute approximate surface area is 79.0 Å². The minimum Gasteiger partial charge on any atom is -0.573 e. The number of hydrogen-bond acceptors (Lipinski definition) is 1. The van der Waals surface area contributed by atoms with Gasteiger partial charge in [-0.25, -0.2) is 4.39 Å². The lowest BCUT2D eigenvalue weighted by Crippen LogP contribution is -2.15. The van der Waals surface area contributed by atoms with Gasteiger partial charge in [0.05, 0.1) is 0 Å². The molecule has 0 N–H and O–H groups in total. The van der Waals surface area contributed by atoms with Crippen molar-refractivity contribution in [2.24, 2.45) is 0 Å². The minimum absolute atomic E-state index is 0.121. The van der Waals surface area contributed by atoms with Crippen LogP contribution in [-0.2, 0) is 0 Å². The summed E-state index contributed by atoms with van der Waals surface area (Å²) < 4.78 is 39.0. The average molecular weight is 193 g/mol. The van der Waals surface area contributed by atoms with Crippen LogP contribution in [0.3, 0.4) is 0 Å². The Kier molecular flexibility index (Phi) is 1.95. The summed E-state index contributed by atoms with van der Waals surface area (Å²) in [4.78, 5) is 2.92. The highest BCUT2D eigenvalue weighted by atomic mass is 19.1. The SMILES string of the molecule is [B-]c1c(F)nc(F)c2cccc(F)c12. The number of hydrogen-bond donors (Lipinski definition) is 0. The van der Waals surface area contributed by atoms with Crippen molar-refractivity contribution in [2.75, 3.05) is 0 Å². The van der Waals surface area contributed by atoms with Crippen LogP contribution in [0.2, 0.25) is 0 Å². The first kappa shape index (κ1) is 9.06. The molecule has 0 spiro atoms. The Morgan fingerprint density at radius 2 is 1.79 bits per heavy atom. The van der Waals surface area contributed by atoms with E-state index in [4.69, 9.17) is 7.85 Å². The van der Waals surface area contributed by atoms with Crippen LogP contribution in [0.15, 0.2) is 18.2 Å². The molecule has 5 heteroatoms. The Balaban J connectivity index is 3.03. The molecular weight excluding hydrogens is 190 g/mol. The molecule has 1 aromatic carbocycles. The van der Waals surface area contributed by atoms with E-state index in [0.29, 0.717) is 0 Å². The Hall–Kier alpha value is -1.52. The molecule has 0 amide bonds. The predicted molar refractivity (Wildman–Crippen MR) is 47.0 cm³/mol. The molecule has 0 aliphatic carbocycles. The molecular formula is C9H3BF3N-. The molecule has 14 heavy (non-hydrogen) atoms. The van der Waals surface area contributed by atoms with Crippen molar-refractivity contribution < 1.29 is 13.2 Å². The second-order valence-corrected chi connectivity index (χ2v) is 2.77. The zero-order valence-electron chi connectivity index (χ0n) is 6.89. The highest BCUT2D eigenvalue weighted by Crippen LogP contribution is 2.17. The van der Waals surface area contributed by atoms with Gasteiger partial charge in [-0.3, -0.25) is 5.46 Å². The van der Waals surface area contributed by atoms with Gasteiger partial charge in [0.15, 0.2) is 5.95 Å². The molecule has 0 saturated heterocycles. The number of benzene rings is 1. The van der Waals surface area contributed by atoms with Gasteiger partial charge in [-0.05, 0) is 17.5 Å². The van der Waals surface area contributed by atoms with Gasteiger partial charge in [-0.2, -0.15) is 13.8 Å². The number of aromatic nitrogens is 1. The molecule has 0 aliphatic heterocycles. The lowest BCUT2D eigenvalue weighted by molar-refractivity contribution is 0.525. The van der Waals surface area contributed by atoms with Crippen LogP contribution < -0.4 is 5.46 Å². The van der Waals surface area contributed by atoms with Crippen molar-refractivity contribution >= 4 is 24.1 Å². The third-order valence-electron chi connectivity index (χ3n) is 1.92. The Morgan fingerprint density at radius 3 is 2.50 bits per heavy atom. The van der Waals surface area contributed by atoms with Crippen molar-refractivity contribution in [2.45, 2.75) is 0 Å².